The van der Waals surface area contributed by atoms with Gasteiger partial charge in [-0.1, -0.05) is 0 Å². The second kappa shape index (κ2) is 18.1. The van der Waals surface area contributed by atoms with Crippen LogP contribution in [0.2, 0.25) is 0 Å². The second-order valence-corrected chi connectivity index (χ2v) is 8.96. The fraction of sp³-hybridized carbons (Fsp3) is 0.700. The summed E-state index contributed by atoms with van der Waals surface area (Å²) in [6, 6.07) is -4.09. The van der Waals surface area contributed by atoms with E-state index < -0.39 is 47.9 Å². The van der Waals surface area contributed by atoms with Gasteiger partial charge >= 0.3 is 5.97 Å². The molecule has 4 unspecified atom stereocenters. The summed E-state index contributed by atoms with van der Waals surface area (Å²) in [5.41, 5.74) is 27.1. The van der Waals surface area contributed by atoms with Crippen molar-refractivity contribution in [2.24, 2.45) is 38.7 Å². The lowest BCUT2D eigenvalue weighted by Gasteiger charge is -2.24. The van der Waals surface area contributed by atoms with Crippen molar-refractivity contribution < 1.29 is 24.3 Å². The fourth-order valence-corrected chi connectivity index (χ4v) is 3.33. The van der Waals surface area contributed by atoms with E-state index in [0.29, 0.717) is 25.1 Å². The number of nitrogens with zero attached hydrogens (tertiary/aromatic N) is 2. The van der Waals surface area contributed by atoms with Crippen LogP contribution < -0.4 is 44.6 Å². The average molecular weight is 533 g/mol. The monoisotopic (exact) mass is 532 g/mol. The van der Waals surface area contributed by atoms with Crippen molar-refractivity contribution in [2.45, 2.75) is 63.2 Å². The van der Waals surface area contributed by atoms with Crippen LogP contribution in [0, 0.1) is 0 Å². The molecule has 0 spiro atoms. The van der Waals surface area contributed by atoms with Crippen molar-refractivity contribution in [2.75, 3.05) is 25.1 Å². The first kappa shape index (κ1) is 32.7. The zero-order chi connectivity index (χ0) is 27.7. The predicted octanol–water partition coefficient (Wildman–Crippen LogP) is -3.27. The minimum absolute atomic E-state index is 0.0663. The van der Waals surface area contributed by atoms with Crippen LogP contribution in [-0.2, 0) is 19.2 Å². The number of carbonyl (C=O) groups is 4. The van der Waals surface area contributed by atoms with Crippen molar-refractivity contribution in [3.8, 4) is 0 Å². The lowest BCUT2D eigenvalue weighted by atomic mass is 10.1. The van der Waals surface area contributed by atoms with Gasteiger partial charge in [0.1, 0.15) is 18.1 Å². The molecule has 14 N–H and O–H groups in total. The summed E-state index contributed by atoms with van der Waals surface area (Å²) in [5, 5.41) is 16.6. The number of guanidine groups is 2. The quantitative estimate of drug-likeness (QED) is 0.0479. The number of rotatable bonds is 18. The largest absolute Gasteiger partial charge is 0.480 e. The molecule has 0 fully saturated rings. The summed E-state index contributed by atoms with van der Waals surface area (Å²) in [5.74, 6) is -2.68. The number of aliphatic imine (C=N–C) groups is 2. The Morgan fingerprint density at radius 2 is 1.28 bits per heavy atom. The van der Waals surface area contributed by atoms with E-state index in [9.17, 15) is 19.2 Å². The SMILES string of the molecule is CSCCC(NC(=O)C(CCCN=C(N)N)NC(=O)C(N)CCCN=C(N)N)C(=O)NC(C)C(=O)O. The Balaban J connectivity index is 5.37. The molecule has 0 saturated carbocycles. The highest BCUT2D eigenvalue weighted by Crippen LogP contribution is 2.06. The molecule has 0 aromatic carbocycles. The number of amides is 3. The van der Waals surface area contributed by atoms with Crippen LogP contribution in [0.25, 0.3) is 0 Å². The number of carbonyl (C=O) groups excluding carboxylic acids is 3. The van der Waals surface area contributed by atoms with Crippen LogP contribution >= 0.6 is 11.8 Å². The third-order valence-corrected chi connectivity index (χ3v) is 5.50. The number of thioether (sulfide) groups is 1. The van der Waals surface area contributed by atoms with Gasteiger partial charge in [0, 0.05) is 13.1 Å². The molecule has 0 aliphatic rings. The number of carboxylic acid groups (broad SMARTS) is 1. The molecule has 16 heteroatoms. The second-order valence-electron chi connectivity index (χ2n) is 7.98. The van der Waals surface area contributed by atoms with E-state index in [4.69, 9.17) is 33.8 Å². The number of hydrogen-bond acceptors (Lipinski definition) is 8. The zero-order valence-electron chi connectivity index (χ0n) is 20.7. The van der Waals surface area contributed by atoms with Crippen LogP contribution in [0.1, 0.15) is 39.0 Å². The van der Waals surface area contributed by atoms with Crippen molar-refractivity contribution in [3.63, 3.8) is 0 Å². The average Bonchev–Trinajstić information content (AvgIpc) is 2.80. The summed E-state index contributed by atoms with van der Waals surface area (Å²) in [6.07, 6.45) is 3.33. The molecule has 0 aromatic rings. The molecule has 3 amide bonds. The minimum atomic E-state index is -1.21. The topological polar surface area (TPSA) is 279 Å². The molecule has 36 heavy (non-hydrogen) atoms. The maximum absolute atomic E-state index is 13.1. The Hall–Kier alpha value is -3.27. The van der Waals surface area contributed by atoms with Gasteiger partial charge in [-0.25, -0.2) is 0 Å². The molecule has 0 aliphatic heterocycles. The highest BCUT2D eigenvalue weighted by atomic mass is 32.2. The van der Waals surface area contributed by atoms with Crippen LogP contribution in [0.3, 0.4) is 0 Å². The lowest BCUT2D eigenvalue weighted by molar-refractivity contribution is -0.141. The first-order chi connectivity index (χ1) is 16.9. The van der Waals surface area contributed by atoms with Gasteiger partial charge < -0.3 is 49.7 Å². The van der Waals surface area contributed by atoms with Crippen molar-refractivity contribution in [3.05, 3.63) is 0 Å². The van der Waals surface area contributed by atoms with Crippen LogP contribution in [0.5, 0.6) is 0 Å². The van der Waals surface area contributed by atoms with Gasteiger partial charge in [-0.3, -0.25) is 29.2 Å². The van der Waals surface area contributed by atoms with Gasteiger partial charge in [-0.15, -0.1) is 0 Å². The molecule has 0 heterocycles. The molecular formula is C20H40N10O5S. The molecular weight excluding hydrogens is 492 g/mol. The van der Waals surface area contributed by atoms with E-state index in [1.54, 1.807) is 0 Å². The minimum Gasteiger partial charge on any atom is -0.480 e. The Bertz CT molecular complexity index is 787. The standard InChI is InChI=1S/C20H40N10O5S/c1-11(18(34)35)28-16(32)14(7-10-36-2)30-17(33)13(6-4-9-27-20(24)25)29-15(31)12(21)5-3-8-26-19(22)23/h11-14H,3-10,21H2,1-2H3,(H,28,32)(H,29,31)(H,30,33)(H,34,35)(H4,22,23,26)(H4,24,25,27). The van der Waals surface area contributed by atoms with E-state index in [1.165, 1.54) is 18.7 Å². The number of hydrogen-bond donors (Lipinski definition) is 9. The first-order valence-electron chi connectivity index (χ1n) is 11.4. The predicted molar refractivity (Wildman–Crippen MR) is 140 cm³/mol. The highest BCUT2D eigenvalue weighted by molar-refractivity contribution is 7.98. The lowest BCUT2D eigenvalue weighted by Crippen LogP contribution is -2.57. The molecule has 206 valence electrons. The summed E-state index contributed by atoms with van der Waals surface area (Å²) in [7, 11) is 0. The normalized spacial score (nSPS) is 13.9. The molecule has 0 saturated heterocycles. The van der Waals surface area contributed by atoms with Crippen LogP contribution in [-0.4, -0.2) is 90.0 Å². The Labute approximate surface area is 214 Å². The molecule has 0 rings (SSSR count). The number of nitrogens with two attached hydrogens (primary N) is 5. The number of nitrogens with one attached hydrogen (secondary N) is 3. The van der Waals surface area contributed by atoms with E-state index >= 15 is 0 Å². The Kier molecular flexibility index (Phi) is 16.4. The van der Waals surface area contributed by atoms with E-state index in [-0.39, 0.29) is 37.7 Å². The van der Waals surface area contributed by atoms with Crippen LogP contribution in [0.15, 0.2) is 9.98 Å². The maximum atomic E-state index is 13.1. The Morgan fingerprint density at radius 3 is 1.78 bits per heavy atom. The van der Waals surface area contributed by atoms with Gasteiger partial charge in [-0.05, 0) is 51.0 Å². The van der Waals surface area contributed by atoms with E-state index in [1.807, 2.05) is 6.26 Å². The maximum Gasteiger partial charge on any atom is 0.325 e. The fourth-order valence-electron chi connectivity index (χ4n) is 2.85. The molecule has 4 atom stereocenters. The van der Waals surface area contributed by atoms with Crippen molar-refractivity contribution in [1.82, 2.24) is 16.0 Å². The van der Waals surface area contributed by atoms with E-state index in [0.717, 1.165) is 0 Å². The molecule has 0 aliphatic carbocycles. The van der Waals surface area contributed by atoms with Gasteiger partial charge in [0.25, 0.3) is 0 Å². The summed E-state index contributed by atoms with van der Waals surface area (Å²) >= 11 is 1.46. The Morgan fingerprint density at radius 1 is 0.806 bits per heavy atom. The first-order valence-corrected chi connectivity index (χ1v) is 12.8. The molecule has 0 radical (unpaired) electrons. The smallest absolute Gasteiger partial charge is 0.325 e. The third-order valence-electron chi connectivity index (χ3n) is 4.86. The van der Waals surface area contributed by atoms with Crippen LogP contribution in [0.4, 0.5) is 0 Å². The third kappa shape index (κ3) is 14.9. The number of aliphatic carboxylic acids is 1. The number of carboxylic acids is 1. The summed E-state index contributed by atoms with van der Waals surface area (Å²) < 4.78 is 0. The van der Waals surface area contributed by atoms with Crippen molar-refractivity contribution >= 4 is 47.4 Å². The summed E-state index contributed by atoms with van der Waals surface area (Å²) in [4.78, 5) is 57.1. The summed E-state index contributed by atoms with van der Waals surface area (Å²) in [6.45, 7) is 1.83. The zero-order valence-corrected chi connectivity index (χ0v) is 21.6. The molecule has 0 bridgehead atoms. The van der Waals surface area contributed by atoms with Crippen molar-refractivity contribution in [1.29, 1.82) is 0 Å². The molecule has 0 aromatic heterocycles. The van der Waals surface area contributed by atoms with Gasteiger partial charge in [0.2, 0.25) is 17.7 Å². The van der Waals surface area contributed by atoms with Gasteiger partial charge in [0.05, 0.1) is 6.04 Å². The van der Waals surface area contributed by atoms with Gasteiger partial charge in [0.15, 0.2) is 11.9 Å². The van der Waals surface area contributed by atoms with E-state index in [2.05, 4.69) is 25.9 Å². The van der Waals surface area contributed by atoms with Gasteiger partial charge in [-0.2, -0.15) is 11.8 Å². The highest BCUT2D eigenvalue weighted by Gasteiger charge is 2.29. The molecule has 15 nitrogen and oxygen atoms in total.